The van der Waals surface area contributed by atoms with E-state index in [-0.39, 0.29) is 47.3 Å². The maximum Gasteiger partial charge on any atom is 0.295 e. The molecule has 4 rings (SSSR count). The van der Waals surface area contributed by atoms with Crippen LogP contribution in [0.3, 0.4) is 0 Å². The van der Waals surface area contributed by atoms with Crippen molar-refractivity contribution in [2.75, 3.05) is 0 Å². The highest BCUT2D eigenvalue weighted by molar-refractivity contribution is 5.95. The summed E-state index contributed by atoms with van der Waals surface area (Å²) in [6.45, 7) is 0. The van der Waals surface area contributed by atoms with Crippen LogP contribution in [0.4, 0.5) is 5.69 Å². The number of nitrogens with zero attached hydrogens (tertiary/aromatic N) is 4. The first-order chi connectivity index (χ1) is 13.0. The Hall–Kier alpha value is -2.52. The van der Waals surface area contributed by atoms with Gasteiger partial charge >= 0.3 is 0 Å². The zero-order chi connectivity index (χ0) is 19.0. The third kappa shape index (κ3) is 3.85. The second kappa shape index (κ2) is 8.24. The maximum absolute atomic E-state index is 12.8. The minimum atomic E-state index is -0.512. The van der Waals surface area contributed by atoms with Crippen LogP contribution in [-0.2, 0) is 0 Å². The number of rotatable bonds is 4. The molecule has 1 heterocycles. The van der Waals surface area contributed by atoms with Crippen molar-refractivity contribution in [1.82, 2.24) is 20.1 Å². The Morgan fingerprint density at radius 2 is 2.00 bits per heavy atom. The summed E-state index contributed by atoms with van der Waals surface area (Å²) < 4.78 is 1.31. The van der Waals surface area contributed by atoms with Crippen molar-refractivity contribution in [1.29, 1.82) is 0 Å². The van der Waals surface area contributed by atoms with Gasteiger partial charge in [-0.3, -0.25) is 14.9 Å². The molecule has 2 aliphatic rings. The highest BCUT2D eigenvalue weighted by atomic mass is 35.5. The van der Waals surface area contributed by atoms with Gasteiger partial charge in [0.1, 0.15) is 18.3 Å². The second-order valence-corrected chi connectivity index (χ2v) is 7.48. The lowest BCUT2D eigenvalue weighted by Gasteiger charge is -2.45. The van der Waals surface area contributed by atoms with Gasteiger partial charge in [-0.15, -0.1) is 12.4 Å². The van der Waals surface area contributed by atoms with E-state index >= 15 is 0 Å². The van der Waals surface area contributed by atoms with Crippen LogP contribution in [0.25, 0.3) is 5.69 Å². The quantitative estimate of drug-likeness (QED) is 0.591. The number of nitro benzene ring substituents is 1. The van der Waals surface area contributed by atoms with Gasteiger partial charge in [0.25, 0.3) is 11.6 Å². The Labute approximate surface area is 168 Å². The summed E-state index contributed by atoms with van der Waals surface area (Å²) in [5.41, 5.74) is 6.51. The van der Waals surface area contributed by atoms with Crippen LogP contribution >= 0.6 is 12.4 Å². The number of nitro groups is 1. The van der Waals surface area contributed by atoms with Crippen LogP contribution < -0.4 is 11.1 Å². The molecule has 1 amide bonds. The lowest BCUT2D eigenvalue weighted by molar-refractivity contribution is -0.384. The van der Waals surface area contributed by atoms with Gasteiger partial charge in [0.05, 0.1) is 4.92 Å². The Morgan fingerprint density at radius 3 is 2.61 bits per heavy atom. The normalized spacial score (nSPS) is 26.2. The standard InChI is InChI=1S/C18H22N6O3.ClH/c19-14-6-11-2-1-3-12(7-14)17(11)22-18(25)13-4-5-15(16(8-13)24(26)27)23-10-20-9-21-23;/h4-5,8-12,14,17H,1-3,6-7,19H2,(H,22,25);1H. The minimum absolute atomic E-state index is 0. The van der Waals surface area contributed by atoms with Crippen molar-refractivity contribution in [3.63, 3.8) is 0 Å². The van der Waals surface area contributed by atoms with Crippen molar-refractivity contribution in [2.45, 2.75) is 44.2 Å². The first-order valence-electron chi connectivity index (χ1n) is 9.23. The molecule has 0 saturated heterocycles. The topological polar surface area (TPSA) is 129 Å². The number of benzene rings is 1. The predicted octanol–water partition coefficient (Wildman–Crippen LogP) is 2.23. The Morgan fingerprint density at radius 1 is 1.29 bits per heavy atom. The van der Waals surface area contributed by atoms with Crippen LogP contribution in [0.5, 0.6) is 0 Å². The number of fused-ring (bicyclic) bond motifs is 2. The molecule has 9 nitrogen and oxygen atoms in total. The average Bonchev–Trinajstić information content (AvgIpc) is 3.16. The molecule has 0 radical (unpaired) electrons. The molecule has 0 spiro atoms. The molecule has 1 aromatic carbocycles. The number of hydrogen-bond donors (Lipinski definition) is 2. The number of halogens is 1. The van der Waals surface area contributed by atoms with E-state index in [0.29, 0.717) is 11.8 Å². The average molecular weight is 407 g/mol. The molecule has 3 N–H and O–H groups in total. The summed E-state index contributed by atoms with van der Waals surface area (Å²) >= 11 is 0. The molecular formula is C18H23ClN6O3. The lowest BCUT2D eigenvalue weighted by atomic mass is 9.67. The molecule has 2 unspecified atom stereocenters. The van der Waals surface area contributed by atoms with Crippen molar-refractivity contribution in [2.24, 2.45) is 17.6 Å². The van der Waals surface area contributed by atoms with Crippen molar-refractivity contribution in [3.8, 4) is 5.69 Å². The van der Waals surface area contributed by atoms with Crippen molar-refractivity contribution >= 4 is 24.0 Å². The van der Waals surface area contributed by atoms with E-state index in [1.54, 1.807) is 6.07 Å². The molecule has 2 aromatic rings. The first-order valence-corrected chi connectivity index (χ1v) is 9.23. The van der Waals surface area contributed by atoms with Gasteiger partial charge in [0, 0.05) is 23.7 Å². The Kier molecular flexibility index (Phi) is 5.95. The summed E-state index contributed by atoms with van der Waals surface area (Å²) in [7, 11) is 0. The molecule has 2 atom stereocenters. The molecule has 2 aliphatic carbocycles. The third-order valence-electron chi connectivity index (χ3n) is 5.77. The van der Waals surface area contributed by atoms with Gasteiger partial charge in [0.2, 0.25) is 0 Å². The van der Waals surface area contributed by atoms with Crippen LogP contribution in [0.1, 0.15) is 42.5 Å². The Balaban J connectivity index is 0.00000225. The number of hydrogen-bond acceptors (Lipinski definition) is 6. The molecule has 150 valence electrons. The third-order valence-corrected chi connectivity index (χ3v) is 5.77. The molecule has 2 fully saturated rings. The fourth-order valence-corrected chi connectivity index (χ4v) is 4.60. The number of nitrogens with two attached hydrogens (primary N) is 1. The fraction of sp³-hybridized carbons (Fsp3) is 0.500. The summed E-state index contributed by atoms with van der Waals surface area (Å²) in [5.74, 6) is 0.502. The maximum atomic E-state index is 12.8. The minimum Gasteiger partial charge on any atom is -0.349 e. The molecule has 2 bridgehead atoms. The second-order valence-electron chi connectivity index (χ2n) is 7.48. The summed E-state index contributed by atoms with van der Waals surface area (Å²) in [6.07, 6.45) is 7.85. The van der Waals surface area contributed by atoms with E-state index in [0.717, 1.165) is 25.7 Å². The number of amides is 1. The van der Waals surface area contributed by atoms with Gasteiger partial charge in [-0.1, -0.05) is 6.42 Å². The highest BCUT2D eigenvalue weighted by Gasteiger charge is 2.40. The van der Waals surface area contributed by atoms with Gasteiger partial charge < -0.3 is 11.1 Å². The number of aromatic nitrogens is 3. The van der Waals surface area contributed by atoms with Crippen molar-refractivity contribution in [3.05, 3.63) is 46.5 Å². The fourth-order valence-electron chi connectivity index (χ4n) is 4.60. The van der Waals surface area contributed by atoms with Crippen LogP contribution in [-0.4, -0.2) is 37.7 Å². The largest absolute Gasteiger partial charge is 0.349 e. The van der Waals surface area contributed by atoms with Crippen LogP contribution in [0.2, 0.25) is 0 Å². The number of carbonyl (C=O) groups is 1. The lowest BCUT2D eigenvalue weighted by Crippen LogP contribution is -2.53. The number of nitrogens with one attached hydrogen (secondary N) is 1. The highest BCUT2D eigenvalue weighted by Crippen LogP contribution is 2.39. The van der Waals surface area contributed by atoms with E-state index in [1.165, 1.54) is 35.9 Å². The van der Waals surface area contributed by atoms with E-state index in [2.05, 4.69) is 15.4 Å². The van der Waals surface area contributed by atoms with Gasteiger partial charge in [-0.25, -0.2) is 9.67 Å². The smallest absolute Gasteiger partial charge is 0.295 e. The van der Waals surface area contributed by atoms with E-state index in [4.69, 9.17) is 5.73 Å². The van der Waals surface area contributed by atoms with Crippen molar-refractivity contribution < 1.29 is 9.72 Å². The summed E-state index contributed by atoms with van der Waals surface area (Å²) in [6, 6.07) is 4.72. The Bertz CT molecular complexity index is 845. The monoisotopic (exact) mass is 406 g/mol. The molecular weight excluding hydrogens is 384 g/mol. The molecule has 1 aromatic heterocycles. The van der Waals surface area contributed by atoms with Crippen LogP contribution in [0.15, 0.2) is 30.9 Å². The molecule has 10 heteroatoms. The summed E-state index contributed by atoms with van der Waals surface area (Å²) in [5, 5.41) is 18.5. The first kappa shape index (κ1) is 20.2. The zero-order valence-electron chi connectivity index (χ0n) is 15.2. The molecule has 0 aliphatic heterocycles. The van der Waals surface area contributed by atoms with E-state index in [1.807, 2.05) is 0 Å². The number of carbonyl (C=O) groups excluding carboxylic acids is 1. The van der Waals surface area contributed by atoms with Gasteiger partial charge in [-0.05, 0) is 49.7 Å². The SMILES string of the molecule is Cl.NC1CC2CCCC(C1)C2NC(=O)c1ccc(-n2cncn2)c([N+](=O)[O-])c1. The van der Waals surface area contributed by atoms with Gasteiger partial charge in [-0.2, -0.15) is 5.10 Å². The van der Waals surface area contributed by atoms with Gasteiger partial charge in [0.15, 0.2) is 0 Å². The predicted molar refractivity (Wildman–Crippen MR) is 105 cm³/mol. The van der Waals surface area contributed by atoms with E-state index < -0.39 is 4.92 Å². The molecule has 28 heavy (non-hydrogen) atoms. The van der Waals surface area contributed by atoms with Crippen LogP contribution in [0, 0.1) is 22.0 Å². The molecule has 2 saturated carbocycles. The van der Waals surface area contributed by atoms with E-state index in [9.17, 15) is 14.9 Å². The zero-order valence-corrected chi connectivity index (χ0v) is 16.0. The summed E-state index contributed by atoms with van der Waals surface area (Å²) in [4.78, 5) is 27.6.